The zero-order valence-electron chi connectivity index (χ0n) is 21.8. The van der Waals surface area contributed by atoms with E-state index >= 15 is 0 Å². The summed E-state index contributed by atoms with van der Waals surface area (Å²) >= 11 is 0. The molecule has 1 atom stereocenters. The lowest BCUT2D eigenvalue weighted by atomic mass is 9.99. The maximum Gasteiger partial charge on any atom is 0.343 e. The Labute approximate surface area is 208 Å². The predicted octanol–water partition coefficient (Wildman–Crippen LogP) is 9.18. The molecule has 0 bridgehead atoms. The van der Waals surface area contributed by atoms with Gasteiger partial charge in [0.05, 0.1) is 12.2 Å². The average Bonchev–Trinajstić information content (AvgIpc) is 2.85. The highest BCUT2D eigenvalue weighted by molar-refractivity contribution is 5.91. The van der Waals surface area contributed by atoms with Gasteiger partial charge >= 0.3 is 5.97 Å². The van der Waals surface area contributed by atoms with Crippen LogP contribution in [0, 0.1) is 5.92 Å². The van der Waals surface area contributed by atoms with Gasteiger partial charge in [0.15, 0.2) is 0 Å². The number of esters is 1. The second-order valence-corrected chi connectivity index (χ2v) is 9.67. The molecular formula is C31H46O3. The minimum absolute atomic E-state index is 0.337. The summed E-state index contributed by atoms with van der Waals surface area (Å²) in [5, 5.41) is 0. The molecule has 0 saturated heterocycles. The van der Waals surface area contributed by atoms with E-state index in [1.807, 2.05) is 24.3 Å². The third kappa shape index (κ3) is 11.7. The second kappa shape index (κ2) is 17.2. The molecule has 2 aromatic rings. The molecule has 3 heteroatoms. The first kappa shape index (κ1) is 28.0. The molecule has 0 amide bonds. The molecular weight excluding hydrogens is 420 g/mol. The Bertz CT molecular complexity index is 779. The van der Waals surface area contributed by atoms with E-state index in [-0.39, 0.29) is 5.97 Å². The number of hydrogen-bond acceptors (Lipinski definition) is 3. The third-order valence-electron chi connectivity index (χ3n) is 6.43. The van der Waals surface area contributed by atoms with E-state index in [0.29, 0.717) is 11.3 Å². The summed E-state index contributed by atoms with van der Waals surface area (Å²) in [6.07, 6.45) is 16.4. The Kier molecular flexibility index (Phi) is 14.1. The molecule has 34 heavy (non-hydrogen) atoms. The quantitative estimate of drug-likeness (QED) is 0.125. The Hall–Kier alpha value is -2.29. The minimum atomic E-state index is -0.337. The van der Waals surface area contributed by atoms with Crippen LogP contribution >= 0.6 is 0 Å². The summed E-state index contributed by atoms with van der Waals surface area (Å²) in [7, 11) is 0. The first-order valence-electron chi connectivity index (χ1n) is 13.7. The fourth-order valence-corrected chi connectivity index (χ4v) is 4.29. The number of carbonyl (C=O) groups excluding carboxylic acids is 1. The lowest BCUT2D eigenvalue weighted by Gasteiger charge is -2.10. The zero-order chi connectivity index (χ0) is 24.4. The van der Waals surface area contributed by atoms with Gasteiger partial charge in [0.2, 0.25) is 0 Å². The predicted molar refractivity (Wildman–Crippen MR) is 143 cm³/mol. The van der Waals surface area contributed by atoms with Crippen molar-refractivity contribution < 1.29 is 14.3 Å². The van der Waals surface area contributed by atoms with Crippen LogP contribution in [0.25, 0.3) is 0 Å². The highest BCUT2D eigenvalue weighted by atomic mass is 16.5. The molecule has 0 spiro atoms. The SMILES string of the molecule is CCCCCCCCc1ccc(OC(=O)c2ccc(OCCCCC[C@@H](C)CCC)cc2)cc1. The van der Waals surface area contributed by atoms with Crippen molar-refractivity contribution in [2.24, 2.45) is 5.92 Å². The van der Waals surface area contributed by atoms with E-state index in [2.05, 4.69) is 32.9 Å². The van der Waals surface area contributed by atoms with Crippen LogP contribution in [-0.2, 0) is 6.42 Å². The van der Waals surface area contributed by atoms with Crippen molar-refractivity contribution in [2.75, 3.05) is 6.61 Å². The van der Waals surface area contributed by atoms with Crippen LogP contribution in [0.4, 0.5) is 0 Å². The molecule has 0 saturated carbocycles. The fraction of sp³-hybridized carbons (Fsp3) is 0.581. The van der Waals surface area contributed by atoms with E-state index in [0.717, 1.165) is 31.1 Å². The minimum Gasteiger partial charge on any atom is -0.494 e. The van der Waals surface area contributed by atoms with Crippen LogP contribution in [-0.4, -0.2) is 12.6 Å². The van der Waals surface area contributed by atoms with Crippen LogP contribution in [0.2, 0.25) is 0 Å². The fourth-order valence-electron chi connectivity index (χ4n) is 4.29. The summed E-state index contributed by atoms with van der Waals surface area (Å²) < 4.78 is 11.4. The van der Waals surface area contributed by atoms with Crippen LogP contribution in [0.15, 0.2) is 48.5 Å². The topological polar surface area (TPSA) is 35.5 Å². The van der Waals surface area contributed by atoms with Crippen LogP contribution in [0.5, 0.6) is 11.5 Å². The van der Waals surface area contributed by atoms with Crippen molar-refractivity contribution in [3.8, 4) is 11.5 Å². The molecule has 3 nitrogen and oxygen atoms in total. The molecule has 2 rings (SSSR count). The Morgan fingerprint density at radius 3 is 2.06 bits per heavy atom. The van der Waals surface area contributed by atoms with Crippen molar-refractivity contribution in [3.63, 3.8) is 0 Å². The highest BCUT2D eigenvalue weighted by Crippen LogP contribution is 2.19. The van der Waals surface area contributed by atoms with E-state index in [4.69, 9.17) is 9.47 Å². The maximum absolute atomic E-state index is 12.5. The number of unbranched alkanes of at least 4 members (excludes halogenated alkanes) is 7. The number of rotatable bonds is 18. The molecule has 0 unspecified atom stereocenters. The molecule has 2 aromatic carbocycles. The van der Waals surface area contributed by atoms with Gasteiger partial charge in [0.1, 0.15) is 11.5 Å². The summed E-state index contributed by atoms with van der Waals surface area (Å²) in [6, 6.07) is 15.2. The molecule has 0 aliphatic carbocycles. The van der Waals surface area contributed by atoms with Gasteiger partial charge in [-0.2, -0.15) is 0 Å². The normalized spacial score (nSPS) is 11.9. The average molecular weight is 467 g/mol. The maximum atomic E-state index is 12.5. The molecule has 0 fully saturated rings. The van der Waals surface area contributed by atoms with E-state index in [9.17, 15) is 4.79 Å². The van der Waals surface area contributed by atoms with E-state index in [1.165, 1.54) is 76.2 Å². The van der Waals surface area contributed by atoms with E-state index in [1.54, 1.807) is 12.1 Å². The Balaban J connectivity index is 1.65. The summed E-state index contributed by atoms with van der Waals surface area (Å²) in [6.45, 7) is 7.57. The van der Waals surface area contributed by atoms with Gasteiger partial charge in [-0.1, -0.05) is 97.1 Å². The monoisotopic (exact) mass is 466 g/mol. The van der Waals surface area contributed by atoms with Crippen LogP contribution in [0.3, 0.4) is 0 Å². The summed E-state index contributed by atoms with van der Waals surface area (Å²) in [5.74, 6) is 1.89. The standard InChI is InChI=1S/C31H46O3/c1-4-6-7-8-9-12-16-27-17-21-30(22-18-27)34-31(32)28-19-23-29(24-20-28)33-25-13-10-11-15-26(3)14-5-2/h17-24,26H,4-16,25H2,1-3H3/t26-/m0/s1. The van der Waals surface area contributed by atoms with Crippen molar-refractivity contribution in [1.29, 1.82) is 0 Å². The first-order valence-corrected chi connectivity index (χ1v) is 13.7. The van der Waals surface area contributed by atoms with Gasteiger partial charge in [-0.15, -0.1) is 0 Å². The van der Waals surface area contributed by atoms with Gasteiger partial charge < -0.3 is 9.47 Å². The first-order chi connectivity index (χ1) is 16.6. The molecule has 188 valence electrons. The largest absolute Gasteiger partial charge is 0.494 e. The molecule has 0 heterocycles. The number of ether oxygens (including phenoxy) is 2. The van der Waals surface area contributed by atoms with Crippen LogP contribution in [0.1, 0.15) is 114 Å². The molecule has 0 aliphatic rings. The van der Waals surface area contributed by atoms with Crippen molar-refractivity contribution in [2.45, 2.75) is 104 Å². The Morgan fingerprint density at radius 2 is 1.35 bits per heavy atom. The second-order valence-electron chi connectivity index (χ2n) is 9.67. The highest BCUT2D eigenvalue weighted by Gasteiger charge is 2.09. The van der Waals surface area contributed by atoms with Crippen molar-refractivity contribution >= 4 is 5.97 Å². The number of hydrogen-bond donors (Lipinski definition) is 0. The van der Waals surface area contributed by atoms with Gasteiger partial charge in [0, 0.05) is 0 Å². The molecule has 0 aromatic heterocycles. The number of carbonyl (C=O) groups is 1. The van der Waals surface area contributed by atoms with Crippen LogP contribution < -0.4 is 9.47 Å². The molecule has 0 aliphatic heterocycles. The van der Waals surface area contributed by atoms with Gasteiger partial charge in [-0.25, -0.2) is 4.79 Å². The van der Waals surface area contributed by atoms with Gasteiger partial charge in [-0.3, -0.25) is 0 Å². The van der Waals surface area contributed by atoms with Gasteiger partial charge in [-0.05, 0) is 67.1 Å². The molecule has 0 N–H and O–H groups in total. The van der Waals surface area contributed by atoms with Crippen molar-refractivity contribution in [3.05, 3.63) is 59.7 Å². The van der Waals surface area contributed by atoms with Gasteiger partial charge in [0.25, 0.3) is 0 Å². The molecule has 0 radical (unpaired) electrons. The number of benzene rings is 2. The lowest BCUT2D eigenvalue weighted by Crippen LogP contribution is -2.08. The van der Waals surface area contributed by atoms with E-state index < -0.39 is 0 Å². The lowest BCUT2D eigenvalue weighted by molar-refractivity contribution is 0.0734. The van der Waals surface area contributed by atoms with Crippen molar-refractivity contribution in [1.82, 2.24) is 0 Å². The smallest absolute Gasteiger partial charge is 0.343 e. The third-order valence-corrected chi connectivity index (χ3v) is 6.43. The Morgan fingerprint density at radius 1 is 0.706 bits per heavy atom. The summed E-state index contributed by atoms with van der Waals surface area (Å²) in [4.78, 5) is 12.5. The summed E-state index contributed by atoms with van der Waals surface area (Å²) in [5.41, 5.74) is 1.83. The zero-order valence-corrected chi connectivity index (χ0v) is 21.8. The number of aryl methyl sites for hydroxylation is 1.